The van der Waals surface area contributed by atoms with Gasteiger partial charge in [0.25, 0.3) is 0 Å². The van der Waals surface area contributed by atoms with Gasteiger partial charge in [0.05, 0.1) is 0 Å². The van der Waals surface area contributed by atoms with Crippen molar-refractivity contribution < 1.29 is 9.18 Å². The molecule has 0 aromatic heterocycles. The van der Waals surface area contributed by atoms with E-state index in [2.05, 4.69) is 11.8 Å². The lowest BCUT2D eigenvalue weighted by atomic mass is 10.1. The summed E-state index contributed by atoms with van der Waals surface area (Å²) in [7, 11) is 0. The van der Waals surface area contributed by atoms with Gasteiger partial charge in [-0.15, -0.1) is 11.8 Å². The lowest BCUT2D eigenvalue weighted by Crippen LogP contribution is -1.94. The van der Waals surface area contributed by atoms with Gasteiger partial charge in [-0.1, -0.05) is 5.92 Å². The Morgan fingerprint density at radius 1 is 1.05 bits per heavy atom. The molecule has 0 amide bonds. The first-order valence-electron chi connectivity index (χ1n) is 5.65. The molecule has 0 heterocycles. The zero-order chi connectivity index (χ0) is 13.7. The van der Waals surface area contributed by atoms with Crippen LogP contribution in [0, 0.1) is 17.7 Å². The Hall–Kier alpha value is -2.05. The van der Waals surface area contributed by atoms with E-state index in [9.17, 15) is 9.18 Å². The van der Waals surface area contributed by atoms with Gasteiger partial charge < -0.3 is 0 Å². The first-order chi connectivity index (χ1) is 9.19. The Labute approximate surface area is 115 Å². The van der Waals surface area contributed by atoms with Crippen molar-refractivity contribution in [1.29, 1.82) is 0 Å². The number of ketones is 1. The highest BCUT2D eigenvalue weighted by molar-refractivity contribution is 7.98. The van der Waals surface area contributed by atoms with Crippen LogP contribution in [0.5, 0.6) is 0 Å². The molecule has 3 heteroatoms. The number of benzene rings is 2. The molecule has 0 atom stereocenters. The van der Waals surface area contributed by atoms with Gasteiger partial charge in [0.1, 0.15) is 5.82 Å². The van der Waals surface area contributed by atoms with Crippen molar-refractivity contribution in [3.63, 3.8) is 0 Å². The second-order valence-electron chi connectivity index (χ2n) is 3.81. The summed E-state index contributed by atoms with van der Waals surface area (Å²) in [6, 6.07) is 13.0. The van der Waals surface area contributed by atoms with Crippen LogP contribution in [0.3, 0.4) is 0 Å². The third kappa shape index (κ3) is 3.70. The minimum atomic E-state index is -0.364. The summed E-state index contributed by atoms with van der Waals surface area (Å²) in [5.41, 5.74) is 1.18. The highest BCUT2D eigenvalue weighted by Gasteiger charge is 2.01. The summed E-state index contributed by atoms with van der Waals surface area (Å²) in [4.78, 5) is 12.9. The molecule has 94 valence electrons. The summed E-state index contributed by atoms with van der Waals surface area (Å²) in [6.45, 7) is 0. The highest BCUT2D eigenvalue weighted by Crippen LogP contribution is 2.14. The normalized spacial score (nSPS) is 9.58. The van der Waals surface area contributed by atoms with Crippen molar-refractivity contribution in [2.75, 3.05) is 6.26 Å². The number of Topliss-reactive ketones (excluding diaryl/α,β-unsaturated/α-hetero) is 1. The van der Waals surface area contributed by atoms with Gasteiger partial charge in [0.15, 0.2) is 0 Å². The molecule has 0 aliphatic heterocycles. The van der Waals surface area contributed by atoms with Crippen LogP contribution < -0.4 is 0 Å². The molecule has 19 heavy (non-hydrogen) atoms. The summed E-state index contributed by atoms with van der Waals surface area (Å²) >= 11 is 1.65. The van der Waals surface area contributed by atoms with Gasteiger partial charge in [-0.2, -0.15) is 0 Å². The van der Waals surface area contributed by atoms with Crippen molar-refractivity contribution >= 4 is 17.5 Å². The van der Waals surface area contributed by atoms with Crippen molar-refractivity contribution in [2.45, 2.75) is 4.90 Å². The van der Waals surface area contributed by atoms with E-state index in [-0.39, 0.29) is 11.6 Å². The maximum Gasteiger partial charge on any atom is 0.236 e. The van der Waals surface area contributed by atoms with Gasteiger partial charge >= 0.3 is 0 Å². The summed E-state index contributed by atoms with van der Waals surface area (Å²) in [6.07, 6.45) is 2.00. The van der Waals surface area contributed by atoms with E-state index >= 15 is 0 Å². The van der Waals surface area contributed by atoms with E-state index in [0.717, 1.165) is 10.5 Å². The largest absolute Gasteiger partial charge is 0.279 e. The number of thioether (sulfide) groups is 1. The maximum atomic E-state index is 12.7. The molecule has 0 spiro atoms. The lowest BCUT2D eigenvalue weighted by molar-refractivity contribution is 0.105. The van der Waals surface area contributed by atoms with Crippen LogP contribution in [-0.2, 0) is 0 Å². The van der Waals surface area contributed by atoms with Crippen LogP contribution in [0.4, 0.5) is 4.39 Å². The number of carbonyl (C=O) groups excluding carboxylic acids is 1. The molecule has 0 fully saturated rings. The molecule has 0 saturated heterocycles. The lowest BCUT2D eigenvalue weighted by Gasteiger charge is -1.95. The van der Waals surface area contributed by atoms with Crippen LogP contribution in [0.1, 0.15) is 15.9 Å². The molecule has 2 aromatic carbocycles. The molecule has 2 aromatic rings. The van der Waals surface area contributed by atoms with Crippen molar-refractivity contribution in [2.24, 2.45) is 0 Å². The van der Waals surface area contributed by atoms with Crippen LogP contribution in [0.15, 0.2) is 53.4 Å². The average Bonchev–Trinajstić information content (AvgIpc) is 2.46. The fraction of sp³-hybridized carbons (Fsp3) is 0.0625. The Balaban J connectivity index is 2.14. The molecule has 0 aliphatic rings. The van der Waals surface area contributed by atoms with Gasteiger partial charge in [0.2, 0.25) is 5.78 Å². The van der Waals surface area contributed by atoms with E-state index in [4.69, 9.17) is 0 Å². The van der Waals surface area contributed by atoms with Crippen molar-refractivity contribution in [3.05, 3.63) is 65.5 Å². The molecular formula is C16H11FOS. The SMILES string of the molecule is CSc1ccc(C#CC(=O)c2ccc(F)cc2)cc1. The molecule has 1 nitrogen and oxygen atoms in total. The summed E-state index contributed by atoms with van der Waals surface area (Å²) in [5, 5.41) is 0. The van der Waals surface area contributed by atoms with Crippen LogP contribution in [0.2, 0.25) is 0 Å². The molecule has 2 rings (SSSR count). The standard InChI is InChI=1S/C16H11FOS/c1-19-15-9-2-12(3-10-15)4-11-16(18)13-5-7-14(17)8-6-13/h2-3,5-10H,1H3. The maximum absolute atomic E-state index is 12.7. The third-order valence-electron chi connectivity index (χ3n) is 2.52. The number of halogens is 1. The Morgan fingerprint density at radius 2 is 1.68 bits per heavy atom. The fourth-order valence-electron chi connectivity index (χ4n) is 1.48. The van der Waals surface area contributed by atoms with Gasteiger partial charge in [-0.25, -0.2) is 4.39 Å². The molecule has 0 bridgehead atoms. The number of hydrogen-bond donors (Lipinski definition) is 0. The molecule has 0 aliphatic carbocycles. The van der Waals surface area contributed by atoms with E-state index in [1.165, 1.54) is 24.3 Å². The first kappa shape index (κ1) is 13.4. The number of hydrogen-bond acceptors (Lipinski definition) is 2. The predicted molar refractivity (Wildman–Crippen MR) is 75.8 cm³/mol. The number of carbonyl (C=O) groups is 1. The highest BCUT2D eigenvalue weighted by atomic mass is 32.2. The molecule has 0 radical (unpaired) electrons. The molecule has 0 N–H and O–H groups in total. The van der Waals surface area contributed by atoms with E-state index < -0.39 is 0 Å². The predicted octanol–water partition coefficient (Wildman–Crippen LogP) is 3.78. The Bertz CT molecular complexity index is 633. The Kier molecular flexibility index (Phi) is 4.38. The smallest absolute Gasteiger partial charge is 0.236 e. The van der Waals surface area contributed by atoms with Crippen molar-refractivity contribution in [1.82, 2.24) is 0 Å². The summed E-state index contributed by atoms with van der Waals surface area (Å²) in [5.74, 6) is 4.69. The van der Waals surface area contributed by atoms with Crippen LogP contribution in [0.25, 0.3) is 0 Å². The van der Waals surface area contributed by atoms with Crippen LogP contribution in [-0.4, -0.2) is 12.0 Å². The number of rotatable bonds is 2. The second kappa shape index (κ2) is 6.21. The van der Waals surface area contributed by atoms with E-state index in [1.54, 1.807) is 11.8 Å². The minimum absolute atomic E-state index is 0.311. The van der Waals surface area contributed by atoms with Crippen LogP contribution >= 0.6 is 11.8 Å². The molecule has 0 saturated carbocycles. The molecule has 0 unspecified atom stereocenters. The zero-order valence-corrected chi connectivity index (χ0v) is 11.1. The average molecular weight is 270 g/mol. The zero-order valence-electron chi connectivity index (χ0n) is 10.3. The minimum Gasteiger partial charge on any atom is -0.279 e. The summed E-state index contributed by atoms with van der Waals surface area (Å²) < 4.78 is 12.7. The van der Waals surface area contributed by atoms with E-state index in [1.807, 2.05) is 30.5 Å². The van der Waals surface area contributed by atoms with Crippen molar-refractivity contribution in [3.8, 4) is 11.8 Å². The van der Waals surface area contributed by atoms with Gasteiger partial charge in [-0.05, 0) is 60.7 Å². The van der Waals surface area contributed by atoms with Gasteiger partial charge in [0, 0.05) is 16.0 Å². The fourth-order valence-corrected chi connectivity index (χ4v) is 1.88. The molecular weight excluding hydrogens is 259 g/mol. The topological polar surface area (TPSA) is 17.1 Å². The monoisotopic (exact) mass is 270 g/mol. The quantitative estimate of drug-likeness (QED) is 0.469. The van der Waals surface area contributed by atoms with E-state index in [0.29, 0.717) is 5.56 Å². The third-order valence-corrected chi connectivity index (χ3v) is 3.26. The Morgan fingerprint density at radius 3 is 2.26 bits per heavy atom. The second-order valence-corrected chi connectivity index (χ2v) is 4.69. The first-order valence-corrected chi connectivity index (χ1v) is 6.87. The van der Waals surface area contributed by atoms with Gasteiger partial charge in [-0.3, -0.25) is 4.79 Å².